The predicted molar refractivity (Wildman–Crippen MR) is 73.4 cm³/mol. The Morgan fingerprint density at radius 3 is 2.83 bits per heavy atom. The maximum Gasteiger partial charge on any atom is 0.271 e. The maximum atomic E-state index is 11.5. The zero-order valence-electron chi connectivity index (χ0n) is 10.8. The third-order valence-corrected chi connectivity index (χ3v) is 4.00. The van der Waals surface area contributed by atoms with Gasteiger partial charge in [-0.15, -0.1) is 0 Å². The first-order valence-electron chi connectivity index (χ1n) is 6.31. The van der Waals surface area contributed by atoms with Gasteiger partial charge in [0.15, 0.2) is 5.82 Å². The first-order chi connectivity index (χ1) is 8.63. The van der Waals surface area contributed by atoms with Crippen molar-refractivity contribution in [3.63, 3.8) is 0 Å². The number of aromatic nitrogens is 2. The summed E-state index contributed by atoms with van der Waals surface area (Å²) in [6.07, 6.45) is 3.56. The van der Waals surface area contributed by atoms with Crippen LogP contribution in [0, 0.1) is 0 Å². The van der Waals surface area contributed by atoms with Gasteiger partial charge in [-0.25, -0.2) is 4.98 Å². The Kier molecular flexibility index (Phi) is 4.24. The molecule has 0 aliphatic carbocycles. The van der Waals surface area contributed by atoms with Crippen LogP contribution in [0.1, 0.15) is 19.8 Å². The van der Waals surface area contributed by atoms with Gasteiger partial charge in [-0.2, -0.15) is 0 Å². The summed E-state index contributed by atoms with van der Waals surface area (Å²) in [5.41, 5.74) is -0.278. The van der Waals surface area contributed by atoms with Crippen molar-refractivity contribution in [2.75, 3.05) is 31.6 Å². The Morgan fingerprint density at radius 1 is 1.56 bits per heavy atom. The summed E-state index contributed by atoms with van der Waals surface area (Å²) >= 11 is 6.00. The smallest absolute Gasteiger partial charge is 0.271 e. The molecule has 2 heterocycles. The van der Waals surface area contributed by atoms with Crippen molar-refractivity contribution in [3.05, 3.63) is 21.7 Å². The molecule has 1 aromatic heterocycles. The number of piperidine rings is 1. The van der Waals surface area contributed by atoms with E-state index in [1.165, 1.54) is 6.33 Å². The van der Waals surface area contributed by atoms with Crippen LogP contribution in [-0.2, 0) is 0 Å². The van der Waals surface area contributed by atoms with Gasteiger partial charge in [0, 0.05) is 26.2 Å². The third-order valence-electron chi connectivity index (χ3n) is 3.66. The van der Waals surface area contributed by atoms with Gasteiger partial charge >= 0.3 is 0 Å². The van der Waals surface area contributed by atoms with E-state index in [2.05, 4.69) is 21.8 Å². The van der Waals surface area contributed by atoms with Crippen LogP contribution in [0.3, 0.4) is 0 Å². The molecule has 100 valence electrons. The summed E-state index contributed by atoms with van der Waals surface area (Å²) < 4.78 is 0. The zero-order chi connectivity index (χ0) is 13.1. The minimum Gasteiger partial charge on any atom is -0.355 e. The highest BCUT2D eigenvalue weighted by Gasteiger charge is 2.24. The van der Waals surface area contributed by atoms with Crippen LogP contribution in [0.15, 0.2) is 11.1 Å². The fraction of sp³-hybridized carbons (Fsp3) is 0.667. The normalized spacial score (nSPS) is 17.9. The van der Waals surface area contributed by atoms with Crippen molar-refractivity contribution in [2.45, 2.75) is 25.8 Å². The van der Waals surface area contributed by atoms with Gasteiger partial charge in [-0.3, -0.25) is 4.79 Å². The molecule has 0 aromatic carbocycles. The molecular formula is C12H19ClN4O. The van der Waals surface area contributed by atoms with Gasteiger partial charge in [-0.05, 0) is 19.4 Å². The van der Waals surface area contributed by atoms with Crippen LogP contribution in [0.4, 0.5) is 5.82 Å². The lowest BCUT2D eigenvalue weighted by molar-refractivity contribution is 0.220. The number of nitrogens with one attached hydrogen (secondary N) is 1. The van der Waals surface area contributed by atoms with E-state index in [0.29, 0.717) is 11.9 Å². The largest absolute Gasteiger partial charge is 0.355 e. The minimum absolute atomic E-state index is 0.179. The molecule has 1 saturated heterocycles. The van der Waals surface area contributed by atoms with Crippen molar-refractivity contribution in [3.8, 4) is 0 Å². The third kappa shape index (κ3) is 2.67. The molecule has 1 aliphatic heterocycles. The van der Waals surface area contributed by atoms with Crippen LogP contribution >= 0.6 is 11.6 Å². The minimum atomic E-state index is -0.278. The highest BCUT2D eigenvalue weighted by atomic mass is 35.5. The fourth-order valence-corrected chi connectivity index (χ4v) is 2.65. The van der Waals surface area contributed by atoms with E-state index in [1.54, 1.807) is 0 Å². The second-order valence-corrected chi connectivity index (χ2v) is 5.02. The number of H-pyrrole nitrogens is 1. The van der Waals surface area contributed by atoms with E-state index >= 15 is 0 Å². The lowest BCUT2D eigenvalue weighted by Gasteiger charge is -2.36. The molecule has 1 aliphatic rings. The number of rotatable bonds is 3. The fourth-order valence-electron chi connectivity index (χ4n) is 2.42. The first kappa shape index (κ1) is 13.4. The van der Waals surface area contributed by atoms with E-state index in [0.717, 1.165) is 32.5 Å². The summed E-state index contributed by atoms with van der Waals surface area (Å²) in [5, 5.41) is 0.179. The maximum absolute atomic E-state index is 11.5. The van der Waals surface area contributed by atoms with E-state index in [4.69, 9.17) is 11.6 Å². The molecule has 6 heteroatoms. The first-order valence-corrected chi connectivity index (χ1v) is 6.69. The number of anilines is 1. The van der Waals surface area contributed by atoms with Gasteiger partial charge in [0.05, 0.1) is 6.33 Å². The second-order valence-electron chi connectivity index (χ2n) is 4.65. The molecule has 0 bridgehead atoms. The zero-order valence-corrected chi connectivity index (χ0v) is 11.6. The van der Waals surface area contributed by atoms with Crippen molar-refractivity contribution in [2.24, 2.45) is 0 Å². The van der Waals surface area contributed by atoms with E-state index in [-0.39, 0.29) is 10.6 Å². The summed E-state index contributed by atoms with van der Waals surface area (Å²) in [7, 11) is 1.96. The predicted octanol–water partition coefficient (Wildman–Crippen LogP) is 1.34. The molecule has 5 nitrogen and oxygen atoms in total. The van der Waals surface area contributed by atoms with E-state index in [1.807, 2.05) is 11.9 Å². The molecule has 0 spiro atoms. The lowest BCUT2D eigenvalue weighted by Crippen LogP contribution is -2.44. The molecule has 18 heavy (non-hydrogen) atoms. The molecule has 1 aromatic rings. The monoisotopic (exact) mass is 270 g/mol. The number of halogens is 1. The average molecular weight is 271 g/mol. The summed E-state index contributed by atoms with van der Waals surface area (Å²) in [6.45, 7) is 5.46. The van der Waals surface area contributed by atoms with Crippen LogP contribution in [0.2, 0.25) is 5.02 Å². The topological polar surface area (TPSA) is 52.2 Å². The Labute approximate surface area is 112 Å². The van der Waals surface area contributed by atoms with Crippen LogP contribution in [0.5, 0.6) is 0 Å². The Balaban J connectivity index is 2.10. The van der Waals surface area contributed by atoms with Gasteiger partial charge in [-0.1, -0.05) is 18.5 Å². The van der Waals surface area contributed by atoms with Gasteiger partial charge < -0.3 is 14.8 Å². The van der Waals surface area contributed by atoms with Crippen molar-refractivity contribution in [1.29, 1.82) is 0 Å². The number of likely N-dealkylation sites (tertiary alicyclic amines) is 1. The summed E-state index contributed by atoms with van der Waals surface area (Å²) in [5.74, 6) is 0.579. The molecule has 0 unspecified atom stereocenters. The molecule has 0 saturated carbocycles. The van der Waals surface area contributed by atoms with Crippen molar-refractivity contribution in [1.82, 2.24) is 14.9 Å². The molecule has 0 atom stereocenters. The SMILES string of the molecule is CCN1CCC(N(C)c2nc[nH]c(=O)c2Cl)CC1. The number of hydrogen-bond donors (Lipinski definition) is 1. The Bertz CT molecular complexity index is 454. The molecule has 2 rings (SSSR count). The quantitative estimate of drug-likeness (QED) is 0.901. The highest BCUT2D eigenvalue weighted by Crippen LogP contribution is 2.23. The number of aromatic amines is 1. The second kappa shape index (κ2) is 5.71. The van der Waals surface area contributed by atoms with Gasteiger partial charge in [0.25, 0.3) is 5.56 Å². The van der Waals surface area contributed by atoms with Crippen LogP contribution in [0.25, 0.3) is 0 Å². The summed E-state index contributed by atoms with van der Waals surface area (Å²) in [4.78, 5) is 22.6. The summed E-state index contributed by atoms with van der Waals surface area (Å²) in [6, 6.07) is 0.402. The van der Waals surface area contributed by atoms with Crippen LogP contribution < -0.4 is 10.5 Å². The van der Waals surface area contributed by atoms with Crippen molar-refractivity contribution < 1.29 is 0 Å². The lowest BCUT2D eigenvalue weighted by atomic mass is 10.0. The van der Waals surface area contributed by atoms with E-state index in [9.17, 15) is 4.79 Å². The number of nitrogens with zero attached hydrogens (tertiary/aromatic N) is 3. The molecule has 0 amide bonds. The average Bonchev–Trinajstić information content (AvgIpc) is 2.41. The molecule has 1 N–H and O–H groups in total. The van der Waals surface area contributed by atoms with Crippen molar-refractivity contribution >= 4 is 17.4 Å². The number of hydrogen-bond acceptors (Lipinski definition) is 4. The molecule has 0 radical (unpaired) electrons. The standard InChI is InChI=1S/C12H19ClN4O/c1-3-17-6-4-9(5-7-17)16(2)11-10(13)12(18)15-8-14-11/h8-9H,3-7H2,1-2H3,(H,14,15,18). The highest BCUT2D eigenvalue weighted by molar-refractivity contribution is 6.32. The van der Waals surface area contributed by atoms with Gasteiger partial charge in [0.2, 0.25) is 0 Å². The van der Waals surface area contributed by atoms with E-state index < -0.39 is 0 Å². The van der Waals surface area contributed by atoms with Crippen LogP contribution in [-0.4, -0.2) is 47.6 Å². The Hall–Kier alpha value is -1.07. The Morgan fingerprint density at radius 2 is 2.22 bits per heavy atom. The molecular weight excluding hydrogens is 252 g/mol. The molecule has 1 fully saturated rings. The van der Waals surface area contributed by atoms with Gasteiger partial charge in [0.1, 0.15) is 5.02 Å².